The molecule has 3 aromatic carbocycles. The Hall–Kier alpha value is -3.64. The van der Waals surface area contributed by atoms with Gasteiger partial charge in [-0.1, -0.05) is 42.8 Å². The van der Waals surface area contributed by atoms with Crippen molar-refractivity contribution >= 4 is 69.5 Å². The Kier molecular flexibility index (Phi) is 10.5. The van der Waals surface area contributed by atoms with Crippen LogP contribution in [0.5, 0.6) is 11.5 Å². The average Bonchev–Trinajstić information content (AvgIpc) is 2.90. The van der Waals surface area contributed by atoms with E-state index >= 15 is 0 Å². The number of carbonyl (C=O) groups excluding carboxylic acids is 3. The number of hydrogen-bond donors (Lipinski definition) is 3. The molecule has 198 valence electrons. The lowest BCUT2D eigenvalue weighted by molar-refractivity contribution is -0.136. The zero-order valence-corrected chi connectivity index (χ0v) is 23.8. The molecule has 3 N–H and O–H groups in total. The molecule has 0 fully saturated rings. The molecule has 3 amide bonds. The van der Waals surface area contributed by atoms with Crippen molar-refractivity contribution in [3.63, 3.8) is 0 Å². The molecule has 9 nitrogen and oxygen atoms in total. The summed E-state index contributed by atoms with van der Waals surface area (Å²) in [4.78, 5) is 36.8. The maximum atomic E-state index is 12.4. The lowest BCUT2D eigenvalue weighted by Gasteiger charge is -2.14. The van der Waals surface area contributed by atoms with Crippen molar-refractivity contribution in [2.75, 3.05) is 24.4 Å². The van der Waals surface area contributed by atoms with Crippen LogP contribution in [0.25, 0.3) is 0 Å². The Balaban J connectivity index is 1.60. The number of carbonyl (C=O) groups is 3. The summed E-state index contributed by atoms with van der Waals surface area (Å²) in [6.45, 7) is 3.56. The predicted molar refractivity (Wildman–Crippen MR) is 156 cm³/mol. The van der Waals surface area contributed by atoms with Gasteiger partial charge in [-0.25, -0.2) is 5.43 Å². The summed E-state index contributed by atoms with van der Waals surface area (Å²) < 4.78 is 11.8. The van der Waals surface area contributed by atoms with Crippen LogP contribution in [-0.2, 0) is 20.8 Å². The van der Waals surface area contributed by atoms with E-state index < -0.39 is 11.8 Å². The number of hydrogen-bond acceptors (Lipinski definition) is 6. The van der Waals surface area contributed by atoms with Gasteiger partial charge in [0.2, 0.25) is 0 Å². The second-order valence-corrected chi connectivity index (χ2v) is 9.59. The van der Waals surface area contributed by atoms with Gasteiger partial charge in [-0.05, 0) is 83.0 Å². The van der Waals surface area contributed by atoms with Gasteiger partial charge in [0.1, 0.15) is 0 Å². The van der Waals surface area contributed by atoms with E-state index in [1.54, 1.807) is 36.4 Å². The van der Waals surface area contributed by atoms with Crippen LogP contribution in [0.1, 0.15) is 23.6 Å². The van der Waals surface area contributed by atoms with Crippen molar-refractivity contribution in [3.05, 3.63) is 79.9 Å². The van der Waals surface area contributed by atoms with Gasteiger partial charge < -0.3 is 20.1 Å². The highest BCUT2D eigenvalue weighted by Gasteiger charge is 2.16. The fourth-order valence-electron chi connectivity index (χ4n) is 3.35. The number of methoxy groups -OCH3 is 1. The van der Waals surface area contributed by atoms with Crippen molar-refractivity contribution < 1.29 is 23.9 Å². The van der Waals surface area contributed by atoms with Crippen LogP contribution in [0.4, 0.5) is 11.4 Å². The first kappa shape index (κ1) is 28.9. The zero-order valence-electron chi connectivity index (χ0n) is 20.9. The van der Waals surface area contributed by atoms with E-state index in [0.29, 0.717) is 43.5 Å². The summed E-state index contributed by atoms with van der Waals surface area (Å²) in [5.74, 6) is -1.35. The Morgan fingerprint density at radius 2 is 1.79 bits per heavy atom. The van der Waals surface area contributed by atoms with Gasteiger partial charge in [0.05, 0.1) is 16.9 Å². The third-order valence-corrected chi connectivity index (χ3v) is 6.34. The van der Waals surface area contributed by atoms with Crippen molar-refractivity contribution in [2.45, 2.75) is 20.3 Å². The fraction of sp³-hybridized carbons (Fsp3) is 0.185. The van der Waals surface area contributed by atoms with Gasteiger partial charge in [-0.3, -0.25) is 14.4 Å². The molecule has 0 aliphatic carbocycles. The minimum atomic E-state index is -0.908. The number of halogens is 2. The van der Waals surface area contributed by atoms with E-state index in [1.807, 2.05) is 54.6 Å². The predicted octanol–water partition coefficient (Wildman–Crippen LogP) is 4.93. The highest BCUT2D eigenvalue weighted by atomic mass is 127. The minimum absolute atomic E-state index is 0.252. The topological polar surface area (TPSA) is 118 Å². The van der Waals surface area contributed by atoms with Crippen LogP contribution in [0.3, 0.4) is 0 Å². The maximum Gasteiger partial charge on any atom is 0.329 e. The second kappa shape index (κ2) is 13.8. The van der Waals surface area contributed by atoms with E-state index in [2.05, 4.69) is 21.2 Å². The van der Waals surface area contributed by atoms with Crippen LogP contribution in [0, 0.1) is 10.5 Å². The highest BCUT2D eigenvalue weighted by Crippen LogP contribution is 2.33. The normalized spacial score (nSPS) is 10.7. The van der Waals surface area contributed by atoms with Gasteiger partial charge in [-0.15, -0.1) is 0 Å². The molecule has 3 rings (SSSR count). The van der Waals surface area contributed by atoms with Crippen LogP contribution >= 0.6 is 34.2 Å². The largest absolute Gasteiger partial charge is 0.493 e. The number of anilines is 2. The molecule has 11 heteroatoms. The maximum absolute atomic E-state index is 12.4. The fourth-order valence-corrected chi connectivity index (χ4v) is 4.31. The minimum Gasteiger partial charge on any atom is -0.493 e. The summed E-state index contributed by atoms with van der Waals surface area (Å²) in [5.41, 5.74) is 5.75. The number of rotatable bonds is 9. The van der Waals surface area contributed by atoms with E-state index in [4.69, 9.17) is 21.1 Å². The standard InChI is InChI=1S/C27H26ClIN4O5/c1-4-18-7-5-6-8-21(18)32-26(35)27(36)33-30-14-17-11-20(29)25(23(12-17)37-3)38-15-24(34)31-22-13-19(28)10-9-16(22)2/h5-14H,4,15H2,1-3H3,(H,31,34)(H,32,35)(H,33,36)/b30-14-. The number of aryl methyl sites for hydroxylation is 2. The molecule has 0 heterocycles. The molecule has 0 saturated heterocycles. The van der Waals surface area contributed by atoms with Crippen LogP contribution in [-0.4, -0.2) is 37.7 Å². The first-order chi connectivity index (χ1) is 18.2. The molecular formula is C27H26ClIN4O5. The number of ether oxygens (including phenoxy) is 2. The number of nitrogens with zero attached hydrogens (tertiary/aromatic N) is 1. The number of nitrogens with one attached hydrogen (secondary N) is 3. The van der Waals surface area contributed by atoms with Gasteiger partial charge in [-0.2, -0.15) is 5.10 Å². The number of amides is 3. The van der Waals surface area contributed by atoms with E-state index in [9.17, 15) is 14.4 Å². The quantitative estimate of drug-likeness (QED) is 0.132. The Bertz CT molecular complexity index is 1380. The van der Waals surface area contributed by atoms with Gasteiger partial charge >= 0.3 is 11.8 Å². The molecule has 0 aliphatic heterocycles. The Morgan fingerprint density at radius 1 is 1.03 bits per heavy atom. The smallest absolute Gasteiger partial charge is 0.329 e. The highest BCUT2D eigenvalue weighted by molar-refractivity contribution is 14.1. The van der Waals surface area contributed by atoms with Crippen LogP contribution in [0.15, 0.2) is 59.7 Å². The third kappa shape index (κ3) is 7.93. The molecule has 0 atom stereocenters. The number of hydrazone groups is 1. The molecule has 0 bridgehead atoms. The lowest BCUT2D eigenvalue weighted by Crippen LogP contribution is -2.32. The Morgan fingerprint density at radius 3 is 2.53 bits per heavy atom. The number of para-hydroxylation sites is 1. The molecule has 38 heavy (non-hydrogen) atoms. The van der Waals surface area contributed by atoms with E-state index in [-0.39, 0.29) is 12.5 Å². The van der Waals surface area contributed by atoms with Gasteiger partial charge in [0.15, 0.2) is 18.1 Å². The molecule has 0 aromatic heterocycles. The molecule has 3 aromatic rings. The summed E-state index contributed by atoms with van der Waals surface area (Å²) in [6, 6.07) is 15.8. The van der Waals surface area contributed by atoms with Crippen molar-refractivity contribution in [1.29, 1.82) is 0 Å². The molecule has 0 radical (unpaired) electrons. The summed E-state index contributed by atoms with van der Waals surface area (Å²) >= 11 is 8.05. The van der Waals surface area contributed by atoms with Gasteiger partial charge in [0.25, 0.3) is 5.91 Å². The first-order valence-electron chi connectivity index (χ1n) is 11.5. The zero-order chi connectivity index (χ0) is 27.7. The average molecular weight is 649 g/mol. The van der Waals surface area contributed by atoms with Crippen molar-refractivity contribution in [2.24, 2.45) is 5.10 Å². The molecule has 0 aliphatic rings. The molecule has 0 spiro atoms. The van der Waals surface area contributed by atoms with E-state index in [0.717, 1.165) is 11.1 Å². The summed E-state index contributed by atoms with van der Waals surface area (Å²) in [7, 11) is 1.47. The van der Waals surface area contributed by atoms with Crippen LogP contribution < -0.4 is 25.5 Å². The van der Waals surface area contributed by atoms with E-state index in [1.165, 1.54) is 13.3 Å². The molecule has 0 unspecified atom stereocenters. The summed E-state index contributed by atoms with van der Waals surface area (Å²) in [5, 5.41) is 9.74. The SMILES string of the molecule is CCc1ccccc1NC(=O)C(=O)N/N=C\c1cc(I)c(OCC(=O)Nc2cc(Cl)ccc2C)c(OC)c1. The van der Waals surface area contributed by atoms with Crippen LogP contribution in [0.2, 0.25) is 5.02 Å². The van der Waals surface area contributed by atoms with Crippen molar-refractivity contribution in [3.8, 4) is 11.5 Å². The monoisotopic (exact) mass is 648 g/mol. The van der Waals surface area contributed by atoms with Crippen molar-refractivity contribution in [1.82, 2.24) is 5.43 Å². The number of benzene rings is 3. The van der Waals surface area contributed by atoms with Gasteiger partial charge in [0, 0.05) is 16.4 Å². The third-order valence-electron chi connectivity index (χ3n) is 5.31. The first-order valence-corrected chi connectivity index (χ1v) is 13.0. The second-order valence-electron chi connectivity index (χ2n) is 7.99. The lowest BCUT2D eigenvalue weighted by atomic mass is 10.1. The molecule has 0 saturated carbocycles. The molecular weight excluding hydrogens is 623 g/mol. The Labute approximate surface area is 239 Å². The summed E-state index contributed by atoms with van der Waals surface area (Å²) in [6.07, 6.45) is 2.08.